The third kappa shape index (κ3) is 5.97. The van der Waals surface area contributed by atoms with Gasteiger partial charge in [-0.15, -0.1) is 0 Å². The number of guanidine groups is 1. The molecule has 2 aromatic carbocycles. The SMILES string of the molecule is CN=C(NCc1ccc(COC)cc1)NCC(c1ccccc1OC)N1CCCC1. The van der Waals surface area contributed by atoms with Crippen LogP contribution in [0.25, 0.3) is 0 Å². The number of aliphatic imine (C=N–C) groups is 1. The molecule has 2 N–H and O–H groups in total. The zero-order chi connectivity index (χ0) is 21.2. The summed E-state index contributed by atoms with van der Waals surface area (Å²) in [5, 5.41) is 6.94. The van der Waals surface area contributed by atoms with Crippen molar-refractivity contribution in [3.63, 3.8) is 0 Å². The van der Waals surface area contributed by atoms with E-state index in [1.807, 2.05) is 19.2 Å². The Bertz CT molecular complexity index is 801. The second-order valence-electron chi connectivity index (χ2n) is 7.56. The summed E-state index contributed by atoms with van der Waals surface area (Å²) in [6, 6.07) is 17.0. The van der Waals surface area contributed by atoms with E-state index in [1.165, 1.54) is 29.5 Å². The Labute approximate surface area is 180 Å². The van der Waals surface area contributed by atoms with Crippen LogP contribution in [0.4, 0.5) is 0 Å². The minimum absolute atomic E-state index is 0.246. The lowest BCUT2D eigenvalue weighted by molar-refractivity contribution is 0.185. The minimum Gasteiger partial charge on any atom is -0.496 e. The molecule has 0 saturated carbocycles. The number of rotatable bonds is 9. The molecule has 1 fully saturated rings. The summed E-state index contributed by atoms with van der Waals surface area (Å²) < 4.78 is 10.8. The van der Waals surface area contributed by atoms with Crippen LogP contribution in [0.15, 0.2) is 53.5 Å². The molecular weight excluding hydrogens is 376 g/mol. The van der Waals surface area contributed by atoms with E-state index in [-0.39, 0.29) is 6.04 Å². The molecule has 6 nitrogen and oxygen atoms in total. The maximum atomic E-state index is 5.64. The van der Waals surface area contributed by atoms with Crippen LogP contribution < -0.4 is 15.4 Å². The Balaban J connectivity index is 1.61. The van der Waals surface area contributed by atoms with E-state index in [4.69, 9.17) is 9.47 Å². The van der Waals surface area contributed by atoms with Gasteiger partial charge in [0.1, 0.15) is 5.75 Å². The third-order valence-electron chi connectivity index (χ3n) is 5.56. The van der Waals surface area contributed by atoms with Gasteiger partial charge in [-0.3, -0.25) is 9.89 Å². The first-order valence-corrected chi connectivity index (χ1v) is 10.6. The molecule has 1 atom stereocenters. The zero-order valence-corrected chi connectivity index (χ0v) is 18.4. The van der Waals surface area contributed by atoms with E-state index in [0.29, 0.717) is 6.61 Å². The molecule has 2 aromatic rings. The topological polar surface area (TPSA) is 58.1 Å². The van der Waals surface area contributed by atoms with Gasteiger partial charge in [0.15, 0.2) is 5.96 Å². The molecule has 30 heavy (non-hydrogen) atoms. The largest absolute Gasteiger partial charge is 0.496 e. The fourth-order valence-electron chi connectivity index (χ4n) is 3.95. The van der Waals surface area contributed by atoms with E-state index in [9.17, 15) is 0 Å². The van der Waals surface area contributed by atoms with Crippen molar-refractivity contribution < 1.29 is 9.47 Å². The second kappa shape index (κ2) is 11.6. The molecule has 0 radical (unpaired) electrons. The Morgan fingerprint density at radius 3 is 2.37 bits per heavy atom. The molecule has 1 heterocycles. The number of methoxy groups -OCH3 is 2. The smallest absolute Gasteiger partial charge is 0.191 e. The zero-order valence-electron chi connectivity index (χ0n) is 18.4. The standard InChI is InChI=1S/C24H34N4O2/c1-25-24(26-16-19-10-12-20(13-11-19)18-29-2)27-17-22(28-14-6-7-15-28)21-8-4-5-9-23(21)30-3/h4-5,8-13,22H,6-7,14-18H2,1-3H3,(H2,25,26,27). The molecule has 1 unspecified atom stereocenters. The van der Waals surface area contributed by atoms with Gasteiger partial charge in [-0.05, 0) is 43.1 Å². The number of hydrogen-bond acceptors (Lipinski definition) is 4. The van der Waals surface area contributed by atoms with Gasteiger partial charge < -0.3 is 20.1 Å². The van der Waals surface area contributed by atoms with Crippen LogP contribution in [0.1, 0.15) is 35.6 Å². The molecule has 6 heteroatoms. The van der Waals surface area contributed by atoms with Crippen LogP contribution in [0.2, 0.25) is 0 Å². The lowest BCUT2D eigenvalue weighted by atomic mass is 10.0. The molecule has 0 amide bonds. The van der Waals surface area contributed by atoms with Gasteiger partial charge in [-0.1, -0.05) is 42.5 Å². The first-order valence-electron chi connectivity index (χ1n) is 10.6. The monoisotopic (exact) mass is 410 g/mol. The number of ether oxygens (including phenoxy) is 2. The number of benzene rings is 2. The van der Waals surface area contributed by atoms with Crippen molar-refractivity contribution in [3.8, 4) is 5.75 Å². The molecule has 0 aromatic heterocycles. The summed E-state index contributed by atoms with van der Waals surface area (Å²) in [6.07, 6.45) is 2.50. The van der Waals surface area contributed by atoms with Crippen LogP contribution in [0.3, 0.4) is 0 Å². The summed E-state index contributed by atoms with van der Waals surface area (Å²) in [4.78, 5) is 6.94. The average molecular weight is 411 g/mol. The predicted octanol–water partition coefficient (Wildman–Crippen LogP) is 3.34. The summed E-state index contributed by atoms with van der Waals surface area (Å²) in [5.74, 6) is 1.74. The van der Waals surface area contributed by atoms with E-state index in [1.54, 1.807) is 14.2 Å². The minimum atomic E-state index is 0.246. The van der Waals surface area contributed by atoms with Crippen molar-refractivity contribution in [1.29, 1.82) is 0 Å². The van der Waals surface area contributed by atoms with Crippen molar-refractivity contribution in [3.05, 3.63) is 65.2 Å². The van der Waals surface area contributed by atoms with Crippen LogP contribution >= 0.6 is 0 Å². The van der Waals surface area contributed by atoms with Gasteiger partial charge in [0.05, 0.1) is 19.8 Å². The Kier molecular flexibility index (Phi) is 8.53. The number of hydrogen-bond donors (Lipinski definition) is 2. The maximum Gasteiger partial charge on any atom is 0.191 e. The highest BCUT2D eigenvalue weighted by atomic mass is 16.5. The van der Waals surface area contributed by atoms with Gasteiger partial charge in [0.2, 0.25) is 0 Å². The molecule has 3 rings (SSSR count). The van der Waals surface area contributed by atoms with Crippen molar-refractivity contribution in [2.75, 3.05) is 40.9 Å². The average Bonchev–Trinajstić information content (AvgIpc) is 3.32. The summed E-state index contributed by atoms with van der Waals surface area (Å²) in [6.45, 7) is 4.36. The van der Waals surface area contributed by atoms with Crippen LogP contribution in [-0.4, -0.2) is 51.8 Å². The second-order valence-corrected chi connectivity index (χ2v) is 7.56. The van der Waals surface area contributed by atoms with Gasteiger partial charge >= 0.3 is 0 Å². The van der Waals surface area contributed by atoms with E-state index in [0.717, 1.165) is 37.9 Å². The van der Waals surface area contributed by atoms with Crippen LogP contribution in [0.5, 0.6) is 5.75 Å². The highest BCUT2D eigenvalue weighted by Gasteiger charge is 2.26. The Hall–Kier alpha value is -2.57. The molecule has 1 saturated heterocycles. The van der Waals surface area contributed by atoms with E-state index >= 15 is 0 Å². The number of para-hydroxylation sites is 1. The summed E-state index contributed by atoms with van der Waals surface area (Å²) in [5.41, 5.74) is 3.60. The van der Waals surface area contributed by atoms with Crippen LogP contribution in [0, 0.1) is 0 Å². The first kappa shape index (κ1) is 22.1. The van der Waals surface area contributed by atoms with Crippen LogP contribution in [-0.2, 0) is 17.9 Å². The lowest BCUT2D eigenvalue weighted by Crippen LogP contribution is -2.42. The normalized spacial score (nSPS) is 15.8. The Morgan fingerprint density at radius 1 is 1.00 bits per heavy atom. The highest BCUT2D eigenvalue weighted by Crippen LogP contribution is 2.31. The number of nitrogens with one attached hydrogen (secondary N) is 2. The van der Waals surface area contributed by atoms with Gasteiger partial charge in [0, 0.05) is 32.8 Å². The molecule has 0 aliphatic carbocycles. The fourth-order valence-corrected chi connectivity index (χ4v) is 3.95. The van der Waals surface area contributed by atoms with Gasteiger partial charge in [0.25, 0.3) is 0 Å². The van der Waals surface area contributed by atoms with Crippen molar-refractivity contribution >= 4 is 5.96 Å². The first-order chi connectivity index (χ1) is 14.7. The van der Waals surface area contributed by atoms with Crippen molar-refractivity contribution in [2.24, 2.45) is 4.99 Å². The molecule has 162 valence electrons. The molecule has 0 bridgehead atoms. The quantitative estimate of drug-likeness (QED) is 0.490. The maximum absolute atomic E-state index is 5.64. The summed E-state index contributed by atoms with van der Waals surface area (Å²) >= 11 is 0. The Morgan fingerprint density at radius 2 is 1.70 bits per heavy atom. The molecule has 1 aliphatic rings. The highest BCUT2D eigenvalue weighted by molar-refractivity contribution is 5.79. The fraction of sp³-hybridized carbons (Fsp3) is 0.458. The van der Waals surface area contributed by atoms with Gasteiger partial charge in [-0.2, -0.15) is 0 Å². The van der Waals surface area contributed by atoms with E-state index < -0.39 is 0 Å². The van der Waals surface area contributed by atoms with Gasteiger partial charge in [-0.25, -0.2) is 0 Å². The number of likely N-dealkylation sites (tertiary alicyclic amines) is 1. The third-order valence-corrected chi connectivity index (χ3v) is 5.56. The molecule has 1 aliphatic heterocycles. The number of nitrogens with zero attached hydrogens (tertiary/aromatic N) is 2. The predicted molar refractivity (Wildman–Crippen MR) is 122 cm³/mol. The van der Waals surface area contributed by atoms with Crippen molar-refractivity contribution in [1.82, 2.24) is 15.5 Å². The molecular formula is C24H34N4O2. The lowest BCUT2D eigenvalue weighted by Gasteiger charge is -2.30. The van der Waals surface area contributed by atoms with Crippen molar-refractivity contribution in [2.45, 2.75) is 32.0 Å². The molecule has 0 spiro atoms. The summed E-state index contributed by atoms with van der Waals surface area (Å²) in [7, 11) is 5.27. The van der Waals surface area contributed by atoms with E-state index in [2.05, 4.69) is 56.9 Å².